The van der Waals surface area contributed by atoms with Crippen molar-refractivity contribution in [3.63, 3.8) is 0 Å². The number of halogens is 1. The number of rotatable bonds is 5. The molecule has 6 heteroatoms. The van der Waals surface area contributed by atoms with Crippen LogP contribution in [-0.4, -0.2) is 28.9 Å². The molecule has 0 unspecified atom stereocenters. The van der Waals surface area contributed by atoms with Crippen molar-refractivity contribution >= 4 is 23.2 Å². The summed E-state index contributed by atoms with van der Waals surface area (Å²) in [6.07, 6.45) is 3.41. The van der Waals surface area contributed by atoms with Crippen molar-refractivity contribution in [2.75, 3.05) is 18.5 Å². The lowest BCUT2D eigenvalue weighted by Crippen LogP contribution is -2.19. The molecule has 0 aliphatic rings. The van der Waals surface area contributed by atoms with Gasteiger partial charge in [-0.1, -0.05) is 17.7 Å². The van der Waals surface area contributed by atoms with Crippen LogP contribution in [0.25, 0.3) is 5.69 Å². The van der Waals surface area contributed by atoms with Gasteiger partial charge in [0.15, 0.2) is 0 Å². The van der Waals surface area contributed by atoms with E-state index in [2.05, 4.69) is 10.4 Å². The Morgan fingerprint density at radius 1 is 1.47 bits per heavy atom. The number of nitrogens with one attached hydrogen (secondary N) is 1. The zero-order valence-corrected chi connectivity index (χ0v) is 11.2. The minimum Gasteiger partial charge on any atom is -0.372 e. The van der Waals surface area contributed by atoms with Crippen molar-refractivity contribution in [2.24, 2.45) is 0 Å². The van der Waals surface area contributed by atoms with Gasteiger partial charge in [0, 0.05) is 19.0 Å². The lowest BCUT2D eigenvalue weighted by atomic mass is 10.2. The molecule has 0 spiro atoms. The summed E-state index contributed by atoms with van der Waals surface area (Å²) in [5.41, 5.74) is 1.24. The van der Waals surface area contributed by atoms with Crippen LogP contribution in [0.1, 0.15) is 6.92 Å². The van der Waals surface area contributed by atoms with Crippen molar-refractivity contribution in [2.45, 2.75) is 6.92 Å². The maximum absolute atomic E-state index is 11.7. The number of hydrogen-bond donors (Lipinski definition) is 1. The highest BCUT2D eigenvalue weighted by Gasteiger charge is 2.12. The van der Waals surface area contributed by atoms with E-state index in [4.69, 9.17) is 16.3 Å². The highest BCUT2D eigenvalue weighted by Crippen LogP contribution is 2.27. The minimum absolute atomic E-state index is 0.0154. The molecule has 2 rings (SSSR count). The van der Waals surface area contributed by atoms with Gasteiger partial charge in [-0.05, 0) is 25.1 Å². The monoisotopic (exact) mass is 279 g/mol. The van der Waals surface area contributed by atoms with E-state index in [9.17, 15) is 4.79 Å². The molecule has 1 aromatic heterocycles. The number of carbonyl (C=O) groups excluding carboxylic acids is 1. The first kappa shape index (κ1) is 13.6. The Bertz CT molecular complexity index is 555. The summed E-state index contributed by atoms with van der Waals surface area (Å²) in [6, 6.07) is 7.07. The van der Waals surface area contributed by atoms with E-state index in [1.54, 1.807) is 41.3 Å². The van der Waals surface area contributed by atoms with Crippen molar-refractivity contribution in [1.82, 2.24) is 9.78 Å². The van der Waals surface area contributed by atoms with Crippen LogP contribution in [-0.2, 0) is 9.53 Å². The lowest BCUT2D eigenvalue weighted by molar-refractivity contribution is -0.120. The van der Waals surface area contributed by atoms with E-state index in [-0.39, 0.29) is 12.5 Å². The molecule has 1 N–H and O–H groups in total. The van der Waals surface area contributed by atoms with Gasteiger partial charge in [-0.15, -0.1) is 0 Å². The summed E-state index contributed by atoms with van der Waals surface area (Å²) in [5, 5.41) is 7.40. The molecule has 0 aliphatic carbocycles. The fourth-order valence-electron chi connectivity index (χ4n) is 1.63. The van der Waals surface area contributed by atoms with Crippen LogP contribution in [0.3, 0.4) is 0 Å². The normalized spacial score (nSPS) is 10.4. The van der Waals surface area contributed by atoms with Crippen LogP contribution < -0.4 is 5.32 Å². The molecule has 1 amide bonds. The van der Waals surface area contributed by atoms with Crippen LogP contribution in [0, 0.1) is 0 Å². The van der Waals surface area contributed by atoms with Crippen LogP contribution in [0.5, 0.6) is 0 Å². The number of carbonyl (C=O) groups is 1. The smallest absolute Gasteiger partial charge is 0.250 e. The second-order valence-corrected chi connectivity index (χ2v) is 4.18. The highest BCUT2D eigenvalue weighted by atomic mass is 35.5. The molecular weight excluding hydrogens is 266 g/mol. The molecule has 1 heterocycles. The molecule has 0 fully saturated rings. The van der Waals surface area contributed by atoms with Gasteiger partial charge in [-0.25, -0.2) is 4.68 Å². The largest absolute Gasteiger partial charge is 0.372 e. The predicted molar refractivity (Wildman–Crippen MR) is 73.7 cm³/mol. The number of anilines is 1. The molecular formula is C13H14ClN3O2. The van der Waals surface area contributed by atoms with Gasteiger partial charge in [0.2, 0.25) is 5.91 Å². The molecule has 5 nitrogen and oxygen atoms in total. The van der Waals surface area contributed by atoms with Crippen molar-refractivity contribution < 1.29 is 9.53 Å². The third kappa shape index (κ3) is 3.33. The van der Waals surface area contributed by atoms with Crippen LogP contribution >= 0.6 is 11.6 Å². The number of amides is 1. The first-order valence-corrected chi connectivity index (χ1v) is 6.26. The molecule has 1 aromatic carbocycles. The predicted octanol–water partition coefficient (Wildman–Crippen LogP) is 2.50. The molecule has 100 valence electrons. The SMILES string of the molecule is CCOCC(=O)Nc1cccc(Cl)c1-n1cccn1. The molecule has 0 atom stereocenters. The van der Waals surface area contributed by atoms with Crippen LogP contribution in [0.4, 0.5) is 5.69 Å². The van der Waals surface area contributed by atoms with E-state index in [0.717, 1.165) is 0 Å². The quantitative estimate of drug-likeness (QED) is 0.915. The van der Waals surface area contributed by atoms with E-state index < -0.39 is 0 Å². The van der Waals surface area contributed by atoms with E-state index >= 15 is 0 Å². The summed E-state index contributed by atoms with van der Waals surface area (Å²) in [6.45, 7) is 2.35. The van der Waals surface area contributed by atoms with Gasteiger partial charge in [-0.2, -0.15) is 5.10 Å². The maximum atomic E-state index is 11.7. The zero-order chi connectivity index (χ0) is 13.7. The zero-order valence-electron chi connectivity index (χ0n) is 10.5. The Morgan fingerprint density at radius 3 is 3.00 bits per heavy atom. The number of nitrogens with zero attached hydrogens (tertiary/aromatic N) is 2. The Labute approximate surface area is 116 Å². The number of hydrogen-bond acceptors (Lipinski definition) is 3. The average Bonchev–Trinajstić information content (AvgIpc) is 2.90. The van der Waals surface area contributed by atoms with Gasteiger partial charge in [-0.3, -0.25) is 4.79 Å². The number of ether oxygens (including phenoxy) is 1. The highest BCUT2D eigenvalue weighted by molar-refractivity contribution is 6.33. The Morgan fingerprint density at radius 2 is 2.32 bits per heavy atom. The fraction of sp³-hybridized carbons (Fsp3) is 0.231. The van der Waals surface area contributed by atoms with Gasteiger partial charge in [0.25, 0.3) is 0 Å². The Kier molecular flexibility index (Phi) is 4.54. The average molecular weight is 280 g/mol. The van der Waals surface area contributed by atoms with E-state index in [1.807, 2.05) is 6.92 Å². The third-order valence-electron chi connectivity index (χ3n) is 2.43. The number of para-hydroxylation sites is 1. The molecule has 0 saturated carbocycles. The summed E-state index contributed by atoms with van der Waals surface area (Å²) in [5.74, 6) is -0.225. The second-order valence-electron chi connectivity index (χ2n) is 3.77. The summed E-state index contributed by atoms with van der Waals surface area (Å²) in [7, 11) is 0. The van der Waals surface area contributed by atoms with Crippen LogP contribution in [0.2, 0.25) is 5.02 Å². The van der Waals surface area contributed by atoms with Gasteiger partial charge < -0.3 is 10.1 Å². The summed E-state index contributed by atoms with van der Waals surface area (Å²) in [4.78, 5) is 11.7. The lowest BCUT2D eigenvalue weighted by Gasteiger charge is -2.12. The summed E-state index contributed by atoms with van der Waals surface area (Å²) >= 11 is 6.17. The Balaban J connectivity index is 2.26. The van der Waals surface area contributed by atoms with Crippen molar-refractivity contribution in [3.8, 4) is 5.69 Å². The summed E-state index contributed by atoms with van der Waals surface area (Å²) < 4.78 is 6.67. The van der Waals surface area contributed by atoms with Gasteiger partial charge in [0.05, 0.1) is 10.7 Å². The topological polar surface area (TPSA) is 56.1 Å². The standard InChI is InChI=1S/C13H14ClN3O2/c1-2-19-9-12(18)16-11-6-3-5-10(14)13(11)17-8-4-7-15-17/h3-8H,2,9H2,1H3,(H,16,18). The van der Waals surface area contributed by atoms with Crippen molar-refractivity contribution in [3.05, 3.63) is 41.7 Å². The van der Waals surface area contributed by atoms with E-state index in [0.29, 0.717) is 23.0 Å². The maximum Gasteiger partial charge on any atom is 0.250 e. The molecule has 0 bridgehead atoms. The van der Waals surface area contributed by atoms with Gasteiger partial charge >= 0.3 is 0 Å². The molecule has 0 aliphatic heterocycles. The van der Waals surface area contributed by atoms with E-state index in [1.165, 1.54) is 0 Å². The van der Waals surface area contributed by atoms with Gasteiger partial charge in [0.1, 0.15) is 12.3 Å². The minimum atomic E-state index is -0.225. The molecule has 0 radical (unpaired) electrons. The number of aromatic nitrogens is 2. The molecule has 19 heavy (non-hydrogen) atoms. The number of benzene rings is 1. The van der Waals surface area contributed by atoms with Crippen molar-refractivity contribution in [1.29, 1.82) is 0 Å². The Hall–Kier alpha value is -1.85. The third-order valence-corrected chi connectivity index (χ3v) is 2.74. The fourth-order valence-corrected chi connectivity index (χ4v) is 1.89. The van der Waals surface area contributed by atoms with Crippen LogP contribution in [0.15, 0.2) is 36.7 Å². The second kappa shape index (κ2) is 6.36. The first-order chi connectivity index (χ1) is 9.22. The molecule has 2 aromatic rings. The first-order valence-electron chi connectivity index (χ1n) is 5.88. The molecule has 0 saturated heterocycles.